The fourth-order valence-corrected chi connectivity index (χ4v) is 10.3. The van der Waals surface area contributed by atoms with Gasteiger partial charge in [-0.25, -0.2) is 0 Å². The van der Waals surface area contributed by atoms with Crippen LogP contribution in [0.3, 0.4) is 0 Å². The minimum Gasteiger partial charge on any atom is -0.457 e. The van der Waals surface area contributed by atoms with Crippen LogP contribution in [0.15, 0.2) is 97.2 Å². The first kappa shape index (κ1) is 78.0. The van der Waals surface area contributed by atoms with E-state index in [0.717, 1.165) is 96.3 Å². The SMILES string of the molecule is CC/C=C\C/C=C\C/C=C\C/C=C\CCCCCCCCCCCCCCCOCC(COC1OC(COC2OC(CO)C(O)C(O)C2O)C(O)C(O)C1O)OC(=O)CCCCCCCCCCCCCC/C=C\C/C=C\C/C=C\C/C=C\CC. The Labute approximate surface area is 515 Å². The van der Waals surface area contributed by atoms with Crippen LogP contribution in [0.2, 0.25) is 0 Å². The second-order valence-corrected chi connectivity index (χ2v) is 23.2. The maximum atomic E-state index is 13.2. The number of ether oxygens (including phenoxy) is 6. The third-order valence-electron chi connectivity index (χ3n) is 15.6. The predicted molar refractivity (Wildman–Crippen MR) is 344 cm³/mol. The molecule has 0 bridgehead atoms. The molecule has 0 aromatic carbocycles. The summed E-state index contributed by atoms with van der Waals surface area (Å²) in [5.41, 5.74) is 0. The first-order valence-electron chi connectivity index (χ1n) is 33.8. The molecule has 2 saturated heterocycles. The van der Waals surface area contributed by atoms with Crippen LogP contribution in [0.1, 0.15) is 245 Å². The Hall–Kier alpha value is -3.09. The highest BCUT2D eigenvalue weighted by molar-refractivity contribution is 5.69. The van der Waals surface area contributed by atoms with E-state index in [0.29, 0.717) is 13.0 Å². The molecule has 2 fully saturated rings. The van der Waals surface area contributed by atoms with E-state index in [1.165, 1.54) is 122 Å². The molecular formula is C71H122O14. The average molecular weight is 1200 g/mol. The summed E-state index contributed by atoms with van der Waals surface area (Å²) in [5, 5.41) is 72.6. The summed E-state index contributed by atoms with van der Waals surface area (Å²) >= 11 is 0. The molecule has 0 radical (unpaired) electrons. The first-order chi connectivity index (χ1) is 41.6. The highest BCUT2D eigenvalue weighted by Gasteiger charge is 2.47. The highest BCUT2D eigenvalue weighted by Crippen LogP contribution is 2.27. The molecule has 2 rings (SSSR count). The van der Waals surface area contributed by atoms with Crippen molar-refractivity contribution in [1.29, 1.82) is 0 Å². The number of aliphatic hydroxyl groups is 7. The van der Waals surface area contributed by atoms with Crippen molar-refractivity contribution in [1.82, 2.24) is 0 Å². The first-order valence-corrected chi connectivity index (χ1v) is 33.8. The molecule has 7 N–H and O–H groups in total. The number of hydrogen-bond acceptors (Lipinski definition) is 14. The van der Waals surface area contributed by atoms with Crippen molar-refractivity contribution in [2.45, 2.75) is 313 Å². The number of unbranched alkanes of at least 4 members (excludes halogenated alkanes) is 25. The van der Waals surface area contributed by atoms with E-state index >= 15 is 0 Å². The maximum Gasteiger partial charge on any atom is 0.306 e. The van der Waals surface area contributed by atoms with E-state index in [1.54, 1.807) is 0 Å². The van der Waals surface area contributed by atoms with Gasteiger partial charge in [-0.05, 0) is 89.9 Å². The quantitative estimate of drug-likeness (QED) is 0.0171. The molecule has 0 aliphatic carbocycles. The summed E-state index contributed by atoms with van der Waals surface area (Å²) < 4.78 is 34.5. The third-order valence-corrected chi connectivity index (χ3v) is 15.6. The fraction of sp³-hybridized carbons (Fsp3) is 0.761. The maximum absolute atomic E-state index is 13.2. The second kappa shape index (κ2) is 56.2. The Morgan fingerprint density at radius 3 is 1.14 bits per heavy atom. The van der Waals surface area contributed by atoms with Gasteiger partial charge in [-0.1, -0.05) is 246 Å². The standard InChI is InChI=1S/C71H122O14/c1-3-5-7-9-11-13-15-17-19-21-23-25-27-29-31-33-35-37-39-41-43-45-47-49-51-53-55-80-57-60(58-81-70-69(79)67(77)65(75)62(85-70)59-82-71-68(78)66(76)64(74)61(56-72)84-71)83-63(73)54-52-50-48-46-44-42-40-38-36-34-32-30-28-26-24-22-20-18-16-14-12-10-8-6-4-2/h5-8,11-14,17-20,23-26,60-62,64-72,74-79H,3-4,9-10,15-16,21-22,27-59H2,1-2H3/b7-5-,8-6-,13-11-,14-12-,19-17-,20-18-,25-23-,26-24-. The van der Waals surface area contributed by atoms with Crippen molar-refractivity contribution in [3.63, 3.8) is 0 Å². The van der Waals surface area contributed by atoms with Crippen LogP contribution >= 0.6 is 0 Å². The summed E-state index contributed by atoms with van der Waals surface area (Å²) in [6.07, 6.45) is 60.4. The van der Waals surface area contributed by atoms with Crippen molar-refractivity contribution in [2.24, 2.45) is 0 Å². The van der Waals surface area contributed by atoms with Gasteiger partial charge >= 0.3 is 5.97 Å². The van der Waals surface area contributed by atoms with Crippen LogP contribution in [-0.2, 0) is 33.2 Å². The lowest BCUT2D eigenvalue weighted by Gasteiger charge is -2.42. The van der Waals surface area contributed by atoms with Gasteiger partial charge in [-0.15, -0.1) is 0 Å². The van der Waals surface area contributed by atoms with Gasteiger partial charge in [0.05, 0.1) is 26.4 Å². The molecule has 0 amide bonds. The molecule has 14 nitrogen and oxygen atoms in total. The van der Waals surface area contributed by atoms with E-state index in [9.17, 15) is 40.5 Å². The smallest absolute Gasteiger partial charge is 0.306 e. The zero-order valence-corrected chi connectivity index (χ0v) is 53.1. The predicted octanol–water partition coefficient (Wildman–Crippen LogP) is 14.1. The molecule has 11 unspecified atom stereocenters. The van der Waals surface area contributed by atoms with Gasteiger partial charge < -0.3 is 64.2 Å². The molecule has 2 aliphatic heterocycles. The summed E-state index contributed by atoms with van der Waals surface area (Å²) in [6.45, 7) is 3.48. The largest absolute Gasteiger partial charge is 0.457 e. The number of rotatable bonds is 55. The van der Waals surface area contributed by atoms with Crippen LogP contribution in [0.5, 0.6) is 0 Å². The van der Waals surface area contributed by atoms with Crippen LogP contribution in [0.4, 0.5) is 0 Å². The summed E-state index contributed by atoms with van der Waals surface area (Å²) in [7, 11) is 0. The van der Waals surface area contributed by atoms with Gasteiger partial charge in [0.15, 0.2) is 12.6 Å². The average Bonchev–Trinajstić information content (AvgIpc) is 2.82. The Kier molecular flexibility index (Phi) is 51.5. The van der Waals surface area contributed by atoms with Gasteiger partial charge in [-0.2, -0.15) is 0 Å². The molecule has 11 atom stereocenters. The number of allylic oxidation sites excluding steroid dienone is 16. The summed E-state index contributed by atoms with van der Waals surface area (Å²) in [6, 6.07) is 0. The molecule has 0 spiro atoms. The van der Waals surface area contributed by atoms with Crippen LogP contribution < -0.4 is 0 Å². The van der Waals surface area contributed by atoms with Crippen LogP contribution in [-0.4, -0.2) is 142 Å². The second-order valence-electron chi connectivity index (χ2n) is 23.2. The molecular weight excluding hydrogens is 1080 g/mol. The molecule has 0 saturated carbocycles. The van der Waals surface area contributed by atoms with Crippen molar-refractivity contribution in [3.05, 3.63) is 97.2 Å². The Balaban J connectivity index is 1.65. The fourth-order valence-electron chi connectivity index (χ4n) is 10.3. The van der Waals surface area contributed by atoms with Crippen molar-refractivity contribution in [3.8, 4) is 0 Å². The van der Waals surface area contributed by atoms with Gasteiger partial charge in [-0.3, -0.25) is 4.79 Å². The summed E-state index contributed by atoms with van der Waals surface area (Å²) in [4.78, 5) is 13.2. The zero-order chi connectivity index (χ0) is 61.5. The lowest BCUT2D eigenvalue weighted by Crippen LogP contribution is -2.61. The van der Waals surface area contributed by atoms with Crippen LogP contribution in [0, 0.1) is 0 Å². The molecule has 2 aliphatic rings. The molecule has 0 aromatic heterocycles. The molecule has 2 heterocycles. The number of carbonyl (C=O) groups is 1. The van der Waals surface area contributed by atoms with Crippen molar-refractivity contribution >= 4 is 5.97 Å². The molecule has 14 heteroatoms. The summed E-state index contributed by atoms with van der Waals surface area (Å²) in [5.74, 6) is -0.379. The number of carbonyl (C=O) groups excluding carboxylic acids is 1. The van der Waals surface area contributed by atoms with E-state index in [1.807, 2.05) is 0 Å². The van der Waals surface area contributed by atoms with Crippen molar-refractivity contribution in [2.75, 3.05) is 33.0 Å². The lowest BCUT2D eigenvalue weighted by molar-refractivity contribution is -0.332. The van der Waals surface area contributed by atoms with Crippen molar-refractivity contribution < 1.29 is 69.0 Å². The number of esters is 1. The Bertz CT molecular complexity index is 1780. The number of hydrogen-bond donors (Lipinski definition) is 7. The minimum atomic E-state index is -1.71. The Morgan fingerprint density at radius 1 is 0.388 bits per heavy atom. The zero-order valence-electron chi connectivity index (χ0n) is 53.1. The van der Waals surface area contributed by atoms with E-state index < -0.39 is 80.7 Å². The highest BCUT2D eigenvalue weighted by atomic mass is 16.7. The normalized spacial score (nSPS) is 23.8. The van der Waals surface area contributed by atoms with Gasteiger partial charge in [0, 0.05) is 13.0 Å². The third kappa shape index (κ3) is 41.7. The number of aliphatic hydroxyl groups excluding tert-OH is 7. The Morgan fingerprint density at radius 2 is 0.729 bits per heavy atom. The van der Waals surface area contributed by atoms with E-state index in [2.05, 4.69) is 111 Å². The van der Waals surface area contributed by atoms with Gasteiger partial charge in [0.2, 0.25) is 0 Å². The topological polar surface area (TPSA) is 214 Å². The minimum absolute atomic E-state index is 0.0563. The molecule has 85 heavy (non-hydrogen) atoms. The van der Waals surface area contributed by atoms with Gasteiger partial charge in [0.1, 0.15) is 54.9 Å². The molecule has 490 valence electrons. The lowest BCUT2D eigenvalue weighted by atomic mass is 9.98. The van der Waals surface area contributed by atoms with E-state index in [-0.39, 0.29) is 25.6 Å². The van der Waals surface area contributed by atoms with Crippen LogP contribution in [0.25, 0.3) is 0 Å². The monoisotopic (exact) mass is 1200 g/mol. The van der Waals surface area contributed by atoms with Gasteiger partial charge in [0.25, 0.3) is 0 Å². The van der Waals surface area contributed by atoms with E-state index in [4.69, 9.17) is 28.4 Å². The molecule has 0 aromatic rings.